The quantitative estimate of drug-likeness (QED) is 0.534. The van der Waals surface area contributed by atoms with Crippen LogP contribution in [0, 0.1) is 11.6 Å². The first-order valence-electron chi connectivity index (χ1n) is 4.33. The Morgan fingerprint density at radius 1 is 0.688 bits per heavy atom. The molecule has 0 saturated heterocycles. The molecule has 79 valence electrons. The summed E-state index contributed by atoms with van der Waals surface area (Å²) in [6, 6.07) is 14.1. The number of thiol groups is 1. The van der Waals surface area contributed by atoms with E-state index in [0.29, 0.717) is 0 Å². The van der Waals surface area contributed by atoms with E-state index in [9.17, 15) is 8.78 Å². The third-order valence-electron chi connectivity index (χ3n) is 1.56. The first-order valence-corrected chi connectivity index (χ1v) is 4.78. The third kappa shape index (κ3) is 7.01. The molecule has 0 atom stereocenters. The molecule has 2 aromatic carbocycles. The van der Waals surface area contributed by atoms with Gasteiger partial charge in [0.05, 0.1) is 0 Å². The Morgan fingerprint density at radius 2 is 1.06 bits per heavy atom. The van der Waals surface area contributed by atoms with Gasteiger partial charge in [0.2, 0.25) is 0 Å². The van der Waals surface area contributed by atoms with Gasteiger partial charge in [0.15, 0.2) is 0 Å². The molecule has 0 spiro atoms. The Morgan fingerprint density at radius 3 is 1.31 bits per heavy atom. The van der Waals surface area contributed by atoms with Crippen LogP contribution >= 0.6 is 12.6 Å². The number of halogens is 2. The van der Waals surface area contributed by atoms with Crippen molar-refractivity contribution in [1.82, 2.24) is 0 Å². The van der Waals surface area contributed by atoms with Gasteiger partial charge in [0, 0.05) is 34.5 Å². The van der Waals surface area contributed by atoms with Gasteiger partial charge in [-0.15, -0.1) is 12.6 Å². The smallest absolute Gasteiger partial charge is 0.123 e. The molecule has 1 radical (unpaired) electrons. The molecule has 0 amide bonds. The molecule has 16 heavy (non-hydrogen) atoms. The fourth-order valence-electron chi connectivity index (χ4n) is 0.858. The van der Waals surface area contributed by atoms with Gasteiger partial charge in [-0.3, -0.25) is 0 Å². The van der Waals surface area contributed by atoms with Crippen molar-refractivity contribution in [3.05, 3.63) is 66.2 Å². The molecular weight excluding hydrogens is 237 g/mol. The van der Waals surface area contributed by atoms with Gasteiger partial charge < -0.3 is 0 Å². The monoisotopic (exact) mass is 247 g/mol. The maximum absolute atomic E-state index is 11.9. The first kappa shape index (κ1) is 15.7. The Labute approximate surface area is 121 Å². The molecule has 0 N–H and O–H groups in total. The summed E-state index contributed by atoms with van der Waals surface area (Å²) in [4.78, 5) is 1.02. The molecule has 0 heterocycles. The van der Waals surface area contributed by atoms with E-state index in [2.05, 4.69) is 12.6 Å². The van der Waals surface area contributed by atoms with E-state index >= 15 is 0 Å². The van der Waals surface area contributed by atoms with Crippen molar-refractivity contribution >= 4 is 42.2 Å². The fourth-order valence-corrected chi connectivity index (χ4v) is 1.03. The molecular formula is C12H10F2NaS. The molecule has 0 unspecified atom stereocenters. The van der Waals surface area contributed by atoms with Crippen LogP contribution in [-0.2, 0) is 0 Å². The molecule has 4 heteroatoms. The Balaban J connectivity index is 0.000000267. The van der Waals surface area contributed by atoms with E-state index in [1.54, 1.807) is 0 Å². The van der Waals surface area contributed by atoms with Crippen LogP contribution in [0.2, 0.25) is 0 Å². The topological polar surface area (TPSA) is 0 Å². The van der Waals surface area contributed by atoms with Crippen LogP contribution in [0.5, 0.6) is 0 Å². The molecule has 0 aliphatic heterocycles. The molecule has 2 rings (SSSR count). The third-order valence-corrected chi connectivity index (χ3v) is 1.86. The summed E-state index contributed by atoms with van der Waals surface area (Å²) >= 11 is 4.08. The predicted molar refractivity (Wildman–Crippen MR) is 65.8 cm³/mol. The van der Waals surface area contributed by atoms with Gasteiger partial charge in [-0.25, -0.2) is 8.78 Å². The van der Waals surface area contributed by atoms with E-state index in [4.69, 9.17) is 0 Å². The van der Waals surface area contributed by atoms with Crippen molar-refractivity contribution in [1.29, 1.82) is 0 Å². The molecule has 0 aromatic heterocycles. The molecule has 0 saturated carbocycles. The standard InChI is InChI=1S/C6H4F2.C6H6S.Na/c7-5-1-2-6(8)4-3-5;7-6-4-2-1-3-5-6;/h1-4H;1-5,7H;. The van der Waals surface area contributed by atoms with E-state index in [-0.39, 0.29) is 29.6 Å². The summed E-state index contributed by atoms with van der Waals surface area (Å²) in [5.41, 5.74) is 0. The second kappa shape index (κ2) is 8.76. The van der Waals surface area contributed by atoms with E-state index < -0.39 is 11.6 Å². The normalized spacial score (nSPS) is 8.44. The van der Waals surface area contributed by atoms with Crippen LogP contribution in [0.15, 0.2) is 59.5 Å². The molecule has 0 fully saturated rings. The Bertz CT molecular complexity index is 369. The summed E-state index contributed by atoms with van der Waals surface area (Å²) in [6.45, 7) is 0. The van der Waals surface area contributed by atoms with Crippen LogP contribution in [-0.4, -0.2) is 29.6 Å². The number of benzene rings is 2. The Kier molecular flexibility index (Phi) is 8.57. The van der Waals surface area contributed by atoms with Crippen molar-refractivity contribution in [3.8, 4) is 0 Å². The van der Waals surface area contributed by atoms with E-state index in [0.717, 1.165) is 29.2 Å². The second-order valence-corrected chi connectivity index (χ2v) is 3.29. The average Bonchev–Trinajstić information content (AvgIpc) is 2.25. The molecule has 0 nitrogen and oxygen atoms in total. The molecule has 0 aliphatic carbocycles. The van der Waals surface area contributed by atoms with Crippen molar-refractivity contribution in [2.45, 2.75) is 4.90 Å². The van der Waals surface area contributed by atoms with Crippen LogP contribution in [0.1, 0.15) is 0 Å². The van der Waals surface area contributed by atoms with Crippen molar-refractivity contribution < 1.29 is 8.78 Å². The zero-order chi connectivity index (χ0) is 11.1. The van der Waals surface area contributed by atoms with Gasteiger partial charge in [0.1, 0.15) is 11.6 Å². The maximum Gasteiger partial charge on any atom is 0.123 e. The minimum atomic E-state index is -0.411. The van der Waals surface area contributed by atoms with Gasteiger partial charge in [-0.2, -0.15) is 0 Å². The van der Waals surface area contributed by atoms with Crippen molar-refractivity contribution in [2.75, 3.05) is 0 Å². The van der Waals surface area contributed by atoms with Gasteiger partial charge >= 0.3 is 0 Å². The number of rotatable bonds is 0. The number of hydrogen-bond acceptors (Lipinski definition) is 1. The van der Waals surface area contributed by atoms with Crippen LogP contribution in [0.25, 0.3) is 0 Å². The van der Waals surface area contributed by atoms with Crippen LogP contribution < -0.4 is 0 Å². The van der Waals surface area contributed by atoms with Crippen molar-refractivity contribution in [3.63, 3.8) is 0 Å². The summed E-state index contributed by atoms with van der Waals surface area (Å²) < 4.78 is 23.8. The predicted octanol–water partition coefficient (Wildman–Crippen LogP) is 3.56. The van der Waals surface area contributed by atoms with Gasteiger partial charge in [-0.1, -0.05) is 18.2 Å². The van der Waals surface area contributed by atoms with E-state index in [1.807, 2.05) is 30.3 Å². The largest absolute Gasteiger partial charge is 0.207 e. The van der Waals surface area contributed by atoms with Gasteiger partial charge in [0.25, 0.3) is 0 Å². The summed E-state index contributed by atoms with van der Waals surface area (Å²) in [5.74, 6) is -0.821. The fraction of sp³-hybridized carbons (Fsp3) is 0. The van der Waals surface area contributed by atoms with Crippen LogP contribution in [0.4, 0.5) is 8.78 Å². The molecule has 2 aromatic rings. The summed E-state index contributed by atoms with van der Waals surface area (Å²) in [7, 11) is 0. The minimum Gasteiger partial charge on any atom is -0.207 e. The van der Waals surface area contributed by atoms with E-state index in [1.165, 1.54) is 0 Å². The van der Waals surface area contributed by atoms with Gasteiger partial charge in [-0.05, 0) is 36.4 Å². The summed E-state index contributed by atoms with van der Waals surface area (Å²) in [5, 5.41) is 0. The van der Waals surface area contributed by atoms with Crippen LogP contribution in [0.3, 0.4) is 0 Å². The average molecular weight is 247 g/mol. The zero-order valence-corrected chi connectivity index (χ0v) is 11.8. The maximum atomic E-state index is 11.9. The summed E-state index contributed by atoms with van der Waals surface area (Å²) in [6.07, 6.45) is 0. The number of hydrogen-bond donors (Lipinski definition) is 1. The first-order chi connectivity index (χ1) is 7.18. The molecule has 0 bridgehead atoms. The van der Waals surface area contributed by atoms with Crippen molar-refractivity contribution in [2.24, 2.45) is 0 Å². The zero-order valence-electron chi connectivity index (χ0n) is 8.90. The minimum absolute atomic E-state index is 0. The Hall–Kier alpha value is -0.350. The molecule has 0 aliphatic rings. The second-order valence-electron chi connectivity index (χ2n) is 2.77. The SMILES string of the molecule is Fc1ccc(F)cc1.Sc1ccccc1.[Na].